The van der Waals surface area contributed by atoms with E-state index in [-0.39, 0.29) is 0 Å². The van der Waals surface area contributed by atoms with E-state index in [1.807, 2.05) is 0 Å². The molecule has 0 amide bonds. The summed E-state index contributed by atoms with van der Waals surface area (Å²) < 4.78 is 0. The van der Waals surface area contributed by atoms with Crippen LogP contribution in [0.15, 0.2) is 64.2 Å². The van der Waals surface area contributed by atoms with E-state index in [9.17, 15) is 0 Å². The van der Waals surface area contributed by atoms with E-state index >= 15 is 0 Å². The van der Waals surface area contributed by atoms with E-state index in [1.54, 1.807) is 30.6 Å². The molecule has 1 aliphatic rings. The molecule has 0 aromatic rings. The Morgan fingerprint density at radius 2 is 2.31 bits per heavy atom. The van der Waals surface area contributed by atoms with E-state index < -0.39 is 0 Å². The molecule has 0 fully saturated rings. The first kappa shape index (κ1) is 12.1. The average Bonchev–Trinajstić information content (AvgIpc) is 2.27. The first-order valence-electron chi connectivity index (χ1n) is 4.55. The third-order valence-corrected chi connectivity index (χ3v) is 2.24. The second-order valence-electron chi connectivity index (χ2n) is 2.97. The number of halogens is 1. The number of hydrazone groups is 1. The predicted octanol–water partition coefficient (Wildman–Crippen LogP) is 1.45. The predicted molar refractivity (Wildman–Crippen MR) is 68.4 cm³/mol. The van der Waals surface area contributed by atoms with Crippen LogP contribution in [0, 0.1) is 0 Å². The van der Waals surface area contributed by atoms with Gasteiger partial charge in [0, 0.05) is 28.7 Å². The maximum Gasteiger partial charge on any atom is 0.0495 e. The highest BCUT2D eigenvalue weighted by molar-refractivity contribution is 6.33. The Bertz CT molecular complexity index is 427. The Balaban J connectivity index is 3.07. The summed E-state index contributed by atoms with van der Waals surface area (Å²) in [4.78, 5) is 0. The van der Waals surface area contributed by atoms with Crippen molar-refractivity contribution < 1.29 is 0 Å². The SMILES string of the molecule is C=C1/C(Cl)=C\C=N/N/C=C1/C(N)=C/C=C\N. The summed E-state index contributed by atoms with van der Waals surface area (Å²) in [6.07, 6.45) is 9.49. The van der Waals surface area contributed by atoms with Crippen LogP contribution in [0.5, 0.6) is 0 Å². The van der Waals surface area contributed by atoms with Crippen molar-refractivity contribution in [2.45, 2.75) is 0 Å². The molecule has 1 rings (SSSR count). The maximum atomic E-state index is 5.99. The molecule has 0 spiro atoms. The van der Waals surface area contributed by atoms with Crippen LogP contribution in [-0.2, 0) is 0 Å². The second kappa shape index (κ2) is 5.82. The molecule has 0 aromatic heterocycles. The van der Waals surface area contributed by atoms with Gasteiger partial charge >= 0.3 is 0 Å². The number of nitrogens with one attached hydrogen (secondary N) is 1. The van der Waals surface area contributed by atoms with Crippen LogP contribution >= 0.6 is 11.6 Å². The molecule has 84 valence electrons. The minimum Gasteiger partial charge on any atom is -0.405 e. The molecule has 0 bridgehead atoms. The summed E-state index contributed by atoms with van der Waals surface area (Å²) in [6.45, 7) is 3.86. The summed E-state index contributed by atoms with van der Waals surface area (Å²) in [6, 6.07) is 0. The summed E-state index contributed by atoms with van der Waals surface area (Å²) in [5.74, 6) is 0. The van der Waals surface area contributed by atoms with Crippen LogP contribution in [0.3, 0.4) is 0 Å². The molecule has 0 saturated carbocycles. The van der Waals surface area contributed by atoms with Crippen molar-refractivity contribution in [1.82, 2.24) is 5.43 Å². The van der Waals surface area contributed by atoms with Gasteiger partial charge in [-0.2, -0.15) is 5.10 Å². The highest BCUT2D eigenvalue weighted by Gasteiger charge is 2.09. The van der Waals surface area contributed by atoms with Gasteiger partial charge in [-0.25, -0.2) is 0 Å². The van der Waals surface area contributed by atoms with Crippen LogP contribution < -0.4 is 16.9 Å². The lowest BCUT2D eigenvalue weighted by Gasteiger charge is -2.11. The molecule has 1 aliphatic heterocycles. The zero-order valence-corrected chi connectivity index (χ0v) is 9.41. The van der Waals surface area contributed by atoms with Crippen molar-refractivity contribution >= 4 is 17.8 Å². The lowest BCUT2D eigenvalue weighted by atomic mass is 10.0. The van der Waals surface area contributed by atoms with Crippen molar-refractivity contribution in [2.24, 2.45) is 16.6 Å². The molecular formula is C11H13ClN4. The Morgan fingerprint density at radius 1 is 1.56 bits per heavy atom. The van der Waals surface area contributed by atoms with E-state index in [1.165, 1.54) is 6.20 Å². The van der Waals surface area contributed by atoms with E-state index in [0.717, 1.165) is 0 Å². The van der Waals surface area contributed by atoms with Crippen molar-refractivity contribution in [3.63, 3.8) is 0 Å². The molecule has 1 heterocycles. The fourth-order valence-electron chi connectivity index (χ4n) is 1.07. The minimum absolute atomic E-state index is 0.490. The highest BCUT2D eigenvalue weighted by Crippen LogP contribution is 2.24. The van der Waals surface area contributed by atoms with Gasteiger partial charge < -0.3 is 11.5 Å². The lowest BCUT2D eigenvalue weighted by molar-refractivity contribution is 0.960. The molecule has 5 N–H and O–H groups in total. The van der Waals surface area contributed by atoms with Crippen molar-refractivity contribution in [2.75, 3.05) is 0 Å². The van der Waals surface area contributed by atoms with E-state index in [2.05, 4.69) is 17.1 Å². The van der Waals surface area contributed by atoms with Gasteiger partial charge in [-0.15, -0.1) is 0 Å². The Morgan fingerprint density at radius 3 is 3.00 bits per heavy atom. The highest BCUT2D eigenvalue weighted by atomic mass is 35.5. The summed E-state index contributed by atoms with van der Waals surface area (Å²) in [5, 5.41) is 4.34. The Kier molecular flexibility index (Phi) is 4.42. The van der Waals surface area contributed by atoms with Gasteiger partial charge in [0.15, 0.2) is 0 Å². The smallest absolute Gasteiger partial charge is 0.0495 e. The fourth-order valence-corrected chi connectivity index (χ4v) is 1.23. The summed E-state index contributed by atoms with van der Waals surface area (Å²) >= 11 is 5.99. The van der Waals surface area contributed by atoms with Gasteiger partial charge in [0.1, 0.15) is 0 Å². The van der Waals surface area contributed by atoms with E-state index in [0.29, 0.717) is 21.9 Å². The molecule has 0 aromatic carbocycles. The largest absolute Gasteiger partial charge is 0.405 e. The quantitative estimate of drug-likeness (QED) is 0.636. The van der Waals surface area contributed by atoms with Crippen LogP contribution in [0.4, 0.5) is 0 Å². The Labute approximate surface area is 99.3 Å². The minimum atomic E-state index is 0.490. The first-order chi connectivity index (χ1) is 7.66. The van der Waals surface area contributed by atoms with Crippen LogP contribution in [0.25, 0.3) is 0 Å². The number of nitrogens with zero attached hydrogens (tertiary/aromatic N) is 1. The van der Waals surface area contributed by atoms with Gasteiger partial charge in [-0.1, -0.05) is 18.2 Å². The third kappa shape index (κ3) is 3.03. The van der Waals surface area contributed by atoms with Gasteiger partial charge in [-0.3, -0.25) is 5.43 Å². The molecule has 0 saturated heterocycles. The lowest BCUT2D eigenvalue weighted by Crippen LogP contribution is -2.09. The number of hydrogen-bond acceptors (Lipinski definition) is 4. The summed E-state index contributed by atoms with van der Waals surface area (Å²) in [5.41, 5.74) is 15.6. The normalized spacial score (nSPS) is 26.1. The van der Waals surface area contributed by atoms with Crippen LogP contribution in [0.1, 0.15) is 0 Å². The monoisotopic (exact) mass is 236 g/mol. The number of rotatable bonds is 2. The fraction of sp³-hybridized carbons (Fsp3) is 0. The Hall–Kier alpha value is -1.94. The zero-order valence-electron chi connectivity index (χ0n) is 8.65. The van der Waals surface area contributed by atoms with Gasteiger partial charge in [0.2, 0.25) is 0 Å². The first-order valence-corrected chi connectivity index (χ1v) is 4.93. The van der Waals surface area contributed by atoms with Gasteiger partial charge in [0.25, 0.3) is 0 Å². The topological polar surface area (TPSA) is 76.4 Å². The molecular weight excluding hydrogens is 224 g/mol. The van der Waals surface area contributed by atoms with E-state index in [4.69, 9.17) is 23.1 Å². The molecule has 0 radical (unpaired) electrons. The van der Waals surface area contributed by atoms with Crippen molar-refractivity contribution in [1.29, 1.82) is 0 Å². The molecule has 0 aliphatic carbocycles. The number of hydrogen-bond donors (Lipinski definition) is 3. The molecule has 5 heteroatoms. The molecule has 0 unspecified atom stereocenters. The maximum absolute atomic E-state index is 5.99. The van der Waals surface area contributed by atoms with Crippen LogP contribution in [-0.4, -0.2) is 6.21 Å². The van der Waals surface area contributed by atoms with Crippen molar-refractivity contribution in [3.05, 3.63) is 59.1 Å². The van der Waals surface area contributed by atoms with Crippen LogP contribution in [0.2, 0.25) is 0 Å². The van der Waals surface area contributed by atoms with Gasteiger partial charge in [-0.05, 0) is 30.0 Å². The zero-order chi connectivity index (χ0) is 12.0. The number of nitrogens with two attached hydrogens (primary N) is 2. The standard InChI is InChI=1S/C11H13ClN4/c1-8-9(11(14)3-2-5-13)7-16-15-6-4-10(8)12/h2-7,16H,1,13-14H2/b5-2-,9-7+,10-4+,11-3-,15-6-. The van der Waals surface area contributed by atoms with Crippen molar-refractivity contribution in [3.8, 4) is 0 Å². The molecule has 0 atom stereocenters. The second-order valence-corrected chi connectivity index (χ2v) is 3.37. The molecule has 16 heavy (non-hydrogen) atoms. The van der Waals surface area contributed by atoms with Gasteiger partial charge in [0.05, 0.1) is 0 Å². The molecule has 4 nitrogen and oxygen atoms in total. The summed E-state index contributed by atoms with van der Waals surface area (Å²) in [7, 11) is 0. The number of allylic oxidation sites excluding steroid dienone is 5. The average molecular weight is 237 g/mol. The third-order valence-electron chi connectivity index (χ3n) is 1.89.